The second kappa shape index (κ2) is 7.79. The van der Waals surface area contributed by atoms with Gasteiger partial charge < -0.3 is 14.2 Å². The van der Waals surface area contributed by atoms with Gasteiger partial charge in [-0.05, 0) is 60.1 Å². The van der Waals surface area contributed by atoms with Crippen LogP contribution in [0.1, 0.15) is 13.8 Å². The molecule has 0 aliphatic heterocycles. The van der Waals surface area contributed by atoms with Gasteiger partial charge in [-0.25, -0.2) is 9.78 Å². The number of hydrogen-bond donors (Lipinski definition) is 0. The lowest BCUT2D eigenvalue weighted by Crippen LogP contribution is -2.25. The van der Waals surface area contributed by atoms with Gasteiger partial charge in [0.2, 0.25) is 5.88 Å². The Balaban J connectivity index is 1.95. The van der Waals surface area contributed by atoms with Gasteiger partial charge in [0.1, 0.15) is 11.5 Å². The summed E-state index contributed by atoms with van der Waals surface area (Å²) in [6.45, 7) is 3.74. The fourth-order valence-corrected chi connectivity index (χ4v) is 1.88. The largest absolute Gasteiger partial charge is 0.479 e. The Labute approximate surface area is 137 Å². The number of benzene rings is 1. The first-order valence-electron chi connectivity index (χ1n) is 6.81. The maximum Gasteiger partial charge on any atom is 0.347 e. The first-order chi connectivity index (χ1) is 10.6. The van der Waals surface area contributed by atoms with E-state index in [4.69, 9.17) is 14.2 Å². The summed E-state index contributed by atoms with van der Waals surface area (Å²) in [5.41, 5.74) is 0. The molecule has 0 aliphatic carbocycles. The van der Waals surface area contributed by atoms with Gasteiger partial charge in [0.05, 0.1) is 6.61 Å². The van der Waals surface area contributed by atoms with Crippen LogP contribution in [0.15, 0.2) is 47.1 Å². The van der Waals surface area contributed by atoms with E-state index in [1.807, 2.05) is 6.07 Å². The van der Waals surface area contributed by atoms with Crippen LogP contribution < -0.4 is 9.47 Å². The Bertz CT molecular complexity index is 613. The topological polar surface area (TPSA) is 57.7 Å². The molecule has 22 heavy (non-hydrogen) atoms. The highest BCUT2D eigenvalue weighted by Gasteiger charge is 2.15. The van der Waals surface area contributed by atoms with E-state index in [-0.39, 0.29) is 5.97 Å². The minimum absolute atomic E-state index is 0.333. The number of carbonyl (C=O) groups excluding carboxylic acids is 1. The zero-order chi connectivity index (χ0) is 15.9. The Morgan fingerprint density at radius 2 is 1.86 bits per heavy atom. The Kier molecular flexibility index (Phi) is 5.77. The summed E-state index contributed by atoms with van der Waals surface area (Å²) in [6.07, 6.45) is 1.01. The number of rotatable bonds is 6. The molecule has 1 unspecified atom stereocenters. The summed E-state index contributed by atoms with van der Waals surface area (Å²) in [5, 5.41) is 0. The molecular weight excluding hydrogens is 350 g/mol. The van der Waals surface area contributed by atoms with E-state index < -0.39 is 6.10 Å². The van der Waals surface area contributed by atoms with E-state index >= 15 is 0 Å². The summed E-state index contributed by atoms with van der Waals surface area (Å²) in [6, 6.07) is 10.6. The summed E-state index contributed by atoms with van der Waals surface area (Å²) < 4.78 is 16.9. The minimum Gasteiger partial charge on any atom is -0.479 e. The molecule has 0 bridgehead atoms. The van der Waals surface area contributed by atoms with Gasteiger partial charge in [0.25, 0.3) is 0 Å². The molecule has 1 aromatic carbocycles. The lowest BCUT2D eigenvalue weighted by Gasteiger charge is -2.13. The van der Waals surface area contributed by atoms with Gasteiger partial charge in [0.15, 0.2) is 6.10 Å². The van der Waals surface area contributed by atoms with E-state index in [1.54, 1.807) is 50.4 Å². The second-order valence-corrected chi connectivity index (χ2v) is 5.32. The first-order valence-corrected chi connectivity index (χ1v) is 7.60. The second-order valence-electron chi connectivity index (χ2n) is 4.40. The van der Waals surface area contributed by atoms with Crippen LogP contribution in [-0.2, 0) is 9.53 Å². The summed E-state index contributed by atoms with van der Waals surface area (Å²) in [7, 11) is 0. The van der Waals surface area contributed by atoms with Crippen molar-refractivity contribution in [1.29, 1.82) is 0 Å². The third kappa shape index (κ3) is 4.73. The van der Waals surface area contributed by atoms with Crippen LogP contribution in [0.25, 0.3) is 0 Å². The zero-order valence-electron chi connectivity index (χ0n) is 12.3. The third-order valence-corrected chi connectivity index (χ3v) is 3.15. The minimum atomic E-state index is -0.653. The molecule has 0 radical (unpaired) electrons. The molecule has 0 aliphatic rings. The highest BCUT2D eigenvalue weighted by molar-refractivity contribution is 9.10. The zero-order valence-corrected chi connectivity index (χ0v) is 13.9. The number of halogens is 1. The lowest BCUT2D eigenvalue weighted by molar-refractivity contribution is -0.150. The maximum absolute atomic E-state index is 11.5. The SMILES string of the molecule is CCOC(=O)C(C)Oc1ccc(Oc2ccc(Br)cn2)cc1. The normalized spacial score (nSPS) is 11.6. The molecule has 2 aromatic rings. The predicted octanol–water partition coefficient (Wildman–Crippen LogP) is 3.97. The van der Waals surface area contributed by atoms with Crippen molar-refractivity contribution in [2.24, 2.45) is 0 Å². The molecule has 0 N–H and O–H groups in total. The van der Waals surface area contributed by atoms with Crippen molar-refractivity contribution in [3.8, 4) is 17.4 Å². The number of pyridine rings is 1. The highest BCUT2D eigenvalue weighted by Crippen LogP contribution is 2.23. The summed E-state index contributed by atoms with van der Waals surface area (Å²) in [4.78, 5) is 15.6. The van der Waals surface area contributed by atoms with Gasteiger partial charge in [-0.1, -0.05) is 0 Å². The van der Waals surface area contributed by atoms with Crippen molar-refractivity contribution < 1.29 is 19.0 Å². The maximum atomic E-state index is 11.5. The predicted molar refractivity (Wildman–Crippen MR) is 85.2 cm³/mol. The lowest BCUT2D eigenvalue weighted by atomic mass is 10.3. The molecule has 1 atom stereocenters. The van der Waals surface area contributed by atoms with E-state index in [1.165, 1.54) is 0 Å². The Morgan fingerprint density at radius 3 is 2.45 bits per heavy atom. The molecule has 0 saturated carbocycles. The Hall–Kier alpha value is -2.08. The number of esters is 1. The smallest absolute Gasteiger partial charge is 0.347 e. The van der Waals surface area contributed by atoms with Gasteiger partial charge >= 0.3 is 5.97 Å². The monoisotopic (exact) mass is 365 g/mol. The summed E-state index contributed by atoms with van der Waals surface area (Å²) in [5.74, 6) is 1.31. The fourth-order valence-electron chi connectivity index (χ4n) is 1.64. The molecule has 1 heterocycles. The molecule has 0 fully saturated rings. The van der Waals surface area contributed by atoms with Crippen molar-refractivity contribution in [3.05, 3.63) is 47.1 Å². The third-order valence-electron chi connectivity index (χ3n) is 2.68. The van der Waals surface area contributed by atoms with Crippen molar-refractivity contribution in [3.63, 3.8) is 0 Å². The number of ether oxygens (including phenoxy) is 3. The molecule has 0 saturated heterocycles. The van der Waals surface area contributed by atoms with Gasteiger partial charge in [-0.3, -0.25) is 0 Å². The van der Waals surface area contributed by atoms with Crippen LogP contribution in [0.2, 0.25) is 0 Å². The first kappa shape index (κ1) is 16.3. The van der Waals surface area contributed by atoms with Crippen LogP contribution in [0.4, 0.5) is 0 Å². The van der Waals surface area contributed by atoms with Crippen LogP contribution in [0.5, 0.6) is 17.4 Å². The molecular formula is C16H16BrNO4. The Morgan fingerprint density at radius 1 is 1.18 bits per heavy atom. The van der Waals surface area contributed by atoms with E-state index in [0.29, 0.717) is 24.0 Å². The van der Waals surface area contributed by atoms with E-state index in [2.05, 4.69) is 20.9 Å². The average Bonchev–Trinajstić information content (AvgIpc) is 2.51. The van der Waals surface area contributed by atoms with Crippen molar-refractivity contribution >= 4 is 21.9 Å². The van der Waals surface area contributed by atoms with Gasteiger partial charge in [-0.15, -0.1) is 0 Å². The van der Waals surface area contributed by atoms with Crippen LogP contribution in [0.3, 0.4) is 0 Å². The van der Waals surface area contributed by atoms with Crippen molar-refractivity contribution in [2.75, 3.05) is 6.61 Å². The van der Waals surface area contributed by atoms with Crippen molar-refractivity contribution in [1.82, 2.24) is 4.98 Å². The van der Waals surface area contributed by atoms with Crippen LogP contribution in [-0.4, -0.2) is 23.7 Å². The van der Waals surface area contributed by atoms with Crippen molar-refractivity contribution in [2.45, 2.75) is 20.0 Å². The number of hydrogen-bond acceptors (Lipinski definition) is 5. The number of aromatic nitrogens is 1. The fraction of sp³-hybridized carbons (Fsp3) is 0.250. The average molecular weight is 366 g/mol. The van der Waals surface area contributed by atoms with E-state index in [9.17, 15) is 4.79 Å². The highest BCUT2D eigenvalue weighted by atomic mass is 79.9. The molecule has 0 amide bonds. The molecule has 0 spiro atoms. The quantitative estimate of drug-likeness (QED) is 0.725. The van der Waals surface area contributed by atoms with E-state index in [0.717, 1.165) is 4.47 Å². The van der Waals surface area contributed by atoms with Gasteiger partial charge in [0, 0.05) is 16.7 Å². The van der Waals surface area contributed by atoms with Crippen LogP contribution in [0, 0.1) is 0 Å². The molecule has 116 valence electrons. The molecule has 6 heteroatoms. The molecule has 5 nitrogen and oxygen atoms in total. The molecule has 1 aromatic heterocycles. The molecule has 2 rings (SSSR count). The van der Waals surface area contributed by atoms with Gasteiger partial charge in [-0.2, -0.15) is 0 Å². The summed E-state index contributed by atoms with van der Waals surface area (Å²) >= 11 is 3.31. The number of carbonyl (C=O) groups is 1. The standard InChI is InChI=1S/C16H16BrNO4/c1-3-20-16(19)11(2)21-13-5-7-14(8-6-13)22-15-9-4-12(17)10-18-15/h4-11H,3H2,1-2H3. The van der Waals surface area contributed by atoms with Crippen LogP contribution >= 0.6 is 15.9 Å². The number of nitrogens with zero attached hydrogens (tertiary/aromatic N) is 1.